The molecule has 2 heterocycles. The van der Waals surface area contributed by atoms with E-state index in [1.54, 1.807) is 11.9 Å². The molecule has 1 unspecified atom stereocenters. The van der Waals surface area contributed by atoms with Crippen LogP contribution in [0.5, 0.6) is 0 Å². The van der Waals surface area contributed by atoms with Gasteiger partial charge in [0, 0.05) is 20.1 Å². The maximum absolute atomic E-state index is 12.3. The third-order valence-electron chi connectivity index (χ3n) is 4.13. The molecule has 2 rings (SSSR count). The number of nitrogens with one attached hydrogen (secondary N) is 1. The van der Waals surface area contributed by atoms with E-state index in [1.807, 2.05) is 6.92 Å². The summed E-state index contributed by atoms with van der Waals surface area (Å²) in [5.41, 5.74) is -0.574. The van der Waals surface area contributed by atoms with Gasteiger partial charge in [-0.25, -0.2) is 4.79 Å². The fraction of sp³-hybridized carbons (Fsp3) is 0.769. The lowest BCUT2D eigenvalue weighted by atomic mass is 9.89. The highest BCUT2D eigenvalue weighted by Crippen LogP contribution is 2.32. The largest absolute Gasteiger partial charge is 0.479 e. The van der Waals surface area contributed by atoms with Crippen LogP contribution in [0.2, 0.25) is 0 Å². The average Bonchev–Trinajstić information content (AvgIpc) is 3.04. The molecule has 0 radical (unpaired) electrons. The van der Waals surface area contributed by atoms with Crippen LogP contribution >= 0.6 is 0 Å². The molecule has 0 spiro atoms. The van der Waals surface area contributed by atoms with Crippen molar-refractivity contribution in [3.63, 3.8) is 0 Å². The van der Waals surface area contributed by atoms with Crippen LogP contribution in [0.15, 0.2) is 0 Å². The third kappa shape index (κ3) is 2.63. The molecule has 3 atom stereocenters. The first kappa shape index (κ1) is 14.8. The molecule has 2 fully saturated rings. The number of aliphatic carboxylic acids is 1. The smallest absolute Gasteiger partial charge is 0.332 e. The number of carbonyl (C=O) groups is 3. The van der Waals surface area contributed by atoms with Crippen molar-refractivity contribution in [1.29, 1.82) is 0 Å². The van der Waals surface area contributed by atoms with Crippen molar-refractivity contribution in [2.45, 2.75) is 38.4 Å². The normalized spacial score (nSPS) is 33.2. The molecule has 0 saturated carbocycles. The number of amides is 2. The van der Waals surface area contributed by atoms with Crippen LogP contribution < -0.4 is 5.32 Å². The lowest BCUT2D eigenvalue weighted by molar-refractivity contribution is -0.154. The maximum Gasteiger partial charge on any atom is 0.332 e. The number of nitrogens with zero attached hydrogens (tertiary/aromatic N) is 1. The van der Waals surface area contributed by atoms with Crippen LogP contribution in [-0.4, -0.2) is 60.1 Å². The van der Waals surface area contributed by atoms with E-state index in [1.165, 1.54) is 0 Å². The van der Waals surface area contributed by atoms with Gasteiger partial charge in [-0.1, -0.05) is 0 Å². The van der Waals surface area contributed by atoms with Crippen molar-refractivity contribution < 1.29 is 24.2 Å². The van der Waals surface area contributed by atoms with E-state index in [4.69, 9.17) is 9.84 Å². The van der Waals surface area contributed by atoms with Crippen LogP contribution in [0, 0.1) is 5.41 Å². The minimum Gasteiger partial charge on any atom is -0.479 e. The lowest BCUT2D eigenvalue weighted by Gasteiger charge is -2.24. The zero-order chi connectivity index (χ0) is 14.9. The Kier molecular flexibility index (Phi) is 3.99. The van der Waals surface area contributed by atoms with Crippen LogP contribution in [0.1, 0.15) is 26.2 Å². The van der Waals surface area contributed by atoms with Crippen molar-refractivity contribution in [2.75, 3.05) is 20.1 Å². The average molecular weight is 284 g/mol. The van der Waals surface area contributed by atoms with Gasteiger partial charge in [0.15, 0.2) is 6.10 Å². The molecule has 0 aromatic carbocycles. The standard InChI is InChI=1S/C13H20N2O5/c1-13(12(19)14-2)5-6-15(7-13)10(16)8-3-4-9(20-8)11(17)18/h8-9H,3-7H2,1-2H3,(H,14,19)(H,17,18)/t8-,9+,13?/m0/s1. The molecular formula is C13H20N2O5. The Morgan fingerprint density at radius 3 is 2.50 bits per heavy atom. The Morgan fingerprint density at radius 1 is 1.30 bits per heavy atom. The summed E-state index contributed by atoms with van der Waals surface area (Å²) in [5.74, 6) is -1.32. The Hall–Kier alpha value is -1.63. The summed E-state index contributed by atoms with van der Waals surface area (Å²) in [6.45, 7) is 2.68. The second-order valence-electron chi connectivity index (χ2n) is 5.68. The number of carboxylic acids is 1. The van der Waals surface area contributed by atoms with Gasteiger partial charge in [-0.2, -0.15) is 0 Å². The Morgan fingerprint density at radius 2 is 1.95 bits per heavy atom. The van der Waals surface area contributed by atoms with Gasteiger partial charge >= 0.3 is 5.97 Å². The van der Waals surface area contributed by atoms with Crippen molar-refractivity contribution >= 4 is 17.8 Å². The molecule has 2 aliphatic rings. The lowest BCUT2D eigenvalue weighted by Crippen LogP contribution is -2.43. The molecular weight excluding hydrogens is 264 g/mol. The molecule has 0 aromatic heterocycles. The molecule has 2 aliphatic heterocycles. The molecule has 2 N–H and O–H groups in total. The van der Waals surface area contributed by atoms with Crippen LogP contribution in [0.25, 0.3) is 0 Å². The first-order valence-corrected chi connectivity index (χ1v) is 6.76. The molecule has 0 aliphatic carbocycles. The maximum atomic E-state index is 12.3. The van der Waals surface area contributed by atoms with Crippen LogP contribution in [0.4, 0.5) is 0 Å². The van der Waals surface area contributed by atoms with Gasteiger partial charge in [-0.05, 0) is 26.2 Å². The summed E-state index contributed by atoms with van der Waals surface area (Å²) in [7, 11) is 1.58. The zero-order valence-corrected chi connectivity index (χ0v) is 11.7. The van der Waals surface area contributed by atoms with E-state index in [0.717, 1.165) is 0 Å². The fourth-order valence-electron chi connectivity index (χ4n) is 2.84. The molecule has 7 heteroatoms. The van der Waals surface area contributed by atoms with Gasteiger partial charge in [-0.3, -0.25) is 9.59 Å². The number of hydrogen-bond acceptors (Lipinski definition) is 4. The second-order valence-corrected chi connectivity index (χ2v) is 5.68. The highest BCUT2D eigenvalue weighted by atomic mass is 16.5. The molecule has 0 aromatic rings. The summed E-state index contributed by atoms with van der Waals surface area (Å²) in [4.78, 5) is 36.5. The van der Waals surface area contributed by atoms with Crippen molar-refractivity contribution in [2.24, 2.45) is 5.41 Å². The first-order chi connectivity index (χ1) is 9.37. The molecule has 7 nitrogen and oxygen atoms in total. The first-order valence-electron chi connectivity index (χ1n) is 6.76. The molecule has 2 saturated heterocycles. The topological polar surface area (TPSA) is 95.9 Å². The number of ether oxygens (including phenoxy) is 1. The van der Waals surface area contributed by atoms with E-state index >= 15 is 0 Å². The third-order valence-corrected chi connectivity index (χ3v) is 4.13. The van der Waals surface area contributed by atoms with Gasteiger partial charge in [-0.15, -0.1) is 0 Å². The minimum atomic E-state index is -1.03. The number of likely N-dealkylation sites (tertiary alicyclic amines) is 1. The van der Waals surface area contributed by atoms with E-state index in [-0.39, 0.29) is 11.8 Å². The predicted octanol–water partition coefficient (Wildman–Crippen LogP) is -0.397. The number of rotatable bonds is 3. The van der Waals surface area contributed by atoms with Gasteiger partial charge in [0.1, 0.15) is 6.10 Å². The van der Waals surface area contributed by atoms with E-state index in [2.05, 4.69) is 5.32 Å². The quantitative estimate of drug-likeness (QED) is 0.735. The van der Waals surface area contributed by atoms with E-state index in [0.29, 0.717) is 32.4 Å². The zero-order valence-electron chi connectivity index (χ0n) is 11.7. The molecule has 0 bridgehead atoms. The van der Waals surface area contributed by atoms with E-state index in [9.17, 15) is 14.4 Å². The van der Waals surface area contributed by atoms with Gasteiger partial charge in [0.05, 0.1) is 5.41 Å². The fourth-order valence-corrected chi connectivity index (χ4v) is 2.84. The highest BCUT2D eigenvalue weighted by molar-refractivity contribution is 5.86. The molecule has 20 heavy (non-hydrogen) atoms. The summed E-state index contributed by atoms with van der Waals surface area (Å²) in [5, 5.41) is 11.5. The summed E-state index contributed by atoms with van der Waals surface area (Å²) in [6, 6.07) is 0. The second kappa shape index (κ2) is 5.40. The molecule has 2 amide bonds. The Labute approximate surface area is 117 Å². The Bertz CT molecular complexity index is 438. The van der Waals surface area contributed by atoms with Crippen LogP contribution in [0.3, 0.4) is 0 Å². The van der Waals surface area contributed by atoms with Gasteiger partial charge in [0.25, 0.3) is 5.91 Å². The SMILES string of the molecule is CNC(=O)C1(C)CCN(C(=O)[C@@H]2CC[C@H](C(=O)O)O2)C1. The van der Waals surface area contributed by atoms with Crippen molar-refractivity contribution in [1.82, 2.24) is 10.2 Å². The van der Waals surface area contributed by atoms with E-state index < -0.39 is 23.6 Å². The van der Waals surface area contributed by atoms with Gasteiger partial charge in [0.2, 0.25) is 5.91 Å². The summed E-state index contributed by atoms with van der Waals surface area (Å²) < 4.78 is 5.26. The summed E-state index contributed by atoms with van der Waals surface area (Å²) >= 11 is 0. The molecule has 112 valence electrons. The predicted molar refractivity (Wildman–Crippen MR) is 68.9 cm³/mol. The highest BCUT2D eigenvalue weighted by Gasteiger charge is 2.44. The summed E-state index contributed by atoms with van der Waals surface area (Å²) in [6.07, 6.45) is -0.206. The van der Waals surface area contributed by atoms with Crippen molar-refractivity contribution in [3.8, 4) is 0 Å². The number of carbonyl (C=O) groups excluding carboxylic acids is 2. The van der Waals surface area contributed by atoms with Crippen molar-refractivity contribution in [3.05, 3.63) is 0 Å². The Balaban J connectivity index is 1.95. The number of hydrogen-bond donors (Lipinski definition) is 2. The monoisotopic (exact) mass is 284 g/mol. The minimum absolute atomic E-state index is 0.0800. The van der Waals surface area contributed by atoms with Crippen LogP contribution in [-0.2, 0) is 19.1 Å². The van der Waals surface area contributed by atoms with Gasteiger partial charge < -0.3 is 20.1 Å². The number of carboxylic acid groups (broad SMARTS) is 1.